The smallest absolute Gasteiger partial charge is 0.243 e. The molecule has 0 heterocycles. The van der Waals surface area contributed by atoms with Crippen LogP contribution < -0.4 is 10.6 Å². The summed E-state index contributed by atoms with van der Waals surface area (Å²) in [6.45, 7) is 1.51. The summed E-state index contributed by atoms with van der Waals surface area (Å²) in [5.74, 6) is -0.903. The molecule has 144 valence electrons. The van der Waals surface area contributed by atoms with Gasteiger partial charge in [0, 0.05) is 13.6 Å². The third kappa shape index (κ3) is 5.90. The maximum atomic E-state index is 12.4. The van der Waals surface area contributed by atoms with Crippen molar-refractivity contribution in [1.29, 1.82) is 0 Å². The molecule has 2 rings (SSSR count). The molecule has 0 spiro atoms. The van der Waals surface area contributed by atoms with Crippen LogP contribution in [0.1, 0.15) is 12.5 Å². The Kier molecular flexibility index (Phi) is 7.09. The Morgan fingerprint density at radius 2 is 1.56 bits per heavy atom. The van der Waals surface area contributed by atoms with Gasteiger partial charge in [0.05, 0.1) is 11.4 Å². The molecule has 7 nitrogen and oxygen atoms in total. The Morgan fingerprint density at radius 3 is 2.15 bits per heavy atom. The summed E-state index contributed by atoms with van der Waals surface area (Å²) in [6.07, 6.45) is 0. The Labute approximate surface area is 159 Å². The molecule has 2 aromatic carbocycles. The molecule has 0 fully saturated rings. The molecule has 1 atom stereocenters. The number of nitrogens with one attached hydrogen (secondary N) is 2. The van der Waals surface area contributed by atoms with Crippen molar-refractivity contribution in [2.75, 3.05) is 13.6 Å². The Morgan fingerprint density at radius 1 is 1.00 bits per heavy atom. The summed E-state index contributed by atoms with van der Waals surface area (Å²) < 4.78 is 25.8. The molecule has 0 aliphatic carbocycles. The summed E-state index contributed by atoms with van der Waals surface area (Å²) in [7, 11) is -2.44. The molecule has 8 heteroatoms. The second kappa shape index (κ2) is 9.29. The number of sulfonamides is 1. The van der Waals surface area contributed by atoms with Gasteiger partial charge in [-0.15, -0.1) is 0 Å². The average molecular weight is 389 g/mol. The zero-order chi connectivity index (χ0) is 19.9. The fraction of sp³-hybridized carbons (Fsp3) is 0.263. The molecule has 2 aromatic rings. The zero-order valence-corrected chi connectivity index (χ0v) is 16.1. The molecule has 0 saturated heterocycles. The summed E-state index contributed by atoms with van der Waals surface area (Å²) in [4.78, 5) is 24.3. The minimum absolute atomic E-state index is 0.106. The highest BCUT2D eigenvalue weighted by Gasteiger charge is 2.24. The monoisotopic (exact) mass is 389 g/mol. The maximum Gasteiger partial charge on any atom is 0.243 e. The van der Waals surface area contributed by atoms with Gasteiger partial charge in [0.25, 0.3) is 0 Å². The lowest BCUT2D eigenvalue weighted by Gasteiger charge is -2.19. The van der Waals surface area contributed by atoms with E-state index in [9.17, 15) is 18.0 Å². The third-order valence-corrected chi connectivity index (χ3v) is 5.72. The topological polar surface area (TPSA) is 95.6 Å². The second-order valence-corrected chi connectivity index (χ2v) is 8.11. The molecule has 0 radical (unpaired) electrons. The van der Waals surface area contributed by atoms with Crippen LogP contribution in [0.2, 0.25) is 0 Å². The van der Waals surface area contributed by atoms with Gasteiger partial charge in [-0.05, 0) is 24.6 Å². The molecule has 2 N–H and O–H groups in total. The predicted molar refractivity (Wildman–Crippen MR) is 102 cm³/mol. The fourth-order valence-electron chi connectivity index (χ4n) is 2.35. The van der Waals surface area contributed by atoms with Gasteiger partial charge < -0.3 is 10.6 Å². The quantitative estimate of drug-likeness (QED) is 0.707. The highest BCUT2D eigenvalue weighted by Crippen LogP contribution is 2.12. The van der Waals surface area contributed by atoms with Gasteiger partial charge in [-0.3, -0.25) is 9.59 Å². The number of nitrogens with zero attached hydrogens (tertiary/aromatic N) is 1. The van der Waals surface area contributed by atoms with Gasteiger partial charge in [-0.1, -0.05) is 48.5 Å². The molecule has 0 aliphatic heterocycles. The standard InChI is InChI=1S/C19H23N3O4S/c1-15(19(24)20-13-16-9-5-3-6-10-16)21-18(23)14-22(2)27(25,26)17-11-7-4-8-12-17/h3-12,15H,13-14H2,1-2H3,(H,20,24)(H,21,23). The number of carbonyl (C=O) groups excluding carboxylic acids is 2. The van der Waals surface area contributed by atoms with Crippen molar-refractivity contribution in [2.45, 2.75) is 24.4 Å². The van der Waals surface area contributed by atoms with E-state index < -0.39 is 22.0 Å². The lowest BCUT2D eigenvalue weighted by Crippen LogP contribution is -2.48. The van der Waals surface area contributed by atoms with Crippen molar-refractivity contribution in [1.82, 2.24) is 14.9 Å². The lowest BCUT2D eigenvalue weighted by atomic mass is 10.2. The molecule has 0 aliphatic rings. The van der Waals surface area contributed by atoms with Gasteiger partial charge in [0.15, 0.2) is 0 Å². The van der Waals surface area contributed by atoms with Crippen molar-refractivity contribution in [3.05, 3.63) is 66.2 Å². The van der Waals surface area contributed by atoms with Gasteiger partial charge in [-0.2, -0.15) is 4.31 Å². The van der Waals surface area contributed by atoms with Crippen molar-refractivity contribution in [2.24, 2.45) is 0 Å². The van der Waals surface area contributed by atoms with Crippen molar-refractivity contribution in [3.63, 3.8) is 0 Å². The van der Waals surface area contributed by atoms with E-state index in [0.717, 1.165) is 9.87 Å². The molecule has 0 bridgehead atoms. The number of likely N-dealkylation sites (N-methyl/N-ethyl adjacent to an activating group) is 1. The van der Waals surface area contributed by atoms with Crippen LogP contribution in [-0.4, -0.2) is 44.2 Å². The van der Waals surface area contributed by atoms with E-state index in [1.54, 1.807) is 25.1 Å². The van der Waals surface area contributed by atoms with E-state index >= 15 is 0 Å². The summed E-state index contributed by atoms with van der Waals surface area (Å²) >= 11 is 0. The van der Waals surface area contributed by atoms with Crippen molar-refractivity contribution < 1.29 is 18.0 Å². The molecule has 27 heavy (non-hydrogen) atoms. The Bertz CT molecular complexity index is 870. The number of rotatable bonds is 8. The zero-order valence-electron chi connectivity index (χ0n) is 15.3. The van der Waals surface area contributed by atoms with Crippen LogP contribution in [0.4, 0.5) is 0 Å². The second-order valence-electron chi connectivity index (χ2n) is 6.07. The minimum atomic E-state index is -3.76. The Hall–Kier alpha value is -2.71. The van der Waals surface area contributed by atoms with Crippen molar-refractivity contribution in [3.8, 4) is 0 Å². The van der Waals surface area contributed by atoms with E-state index in [1.165, 1.54) is 19.2 Å². The molecule has 2 amide bonds. The van der Waals surface area contributed by atoms with Gasteiger partial charge in [-0.25, -0.2) is 8.42 Å². The molecule has 1 unspecified atom stereocenters. The van der Waals surface area contributed by atoms with Crippen LogP contribution in [0.25, 0.3) is 0 Å². The SMILES string of the molecule is CC(NC(=O)CN(C)S(=O)(=O)c1ccccc1)C(=O)NCc1ccccc1. The molecular weight excluding hydrogens is 366 g/mol. The third-order valence-electron chi connectivity index (χ3n) is 3.90. The van der Waals surface area contributed by atoms with Gasteiger partial charge >= 0.3 is 0 Å². The summed E-state index contributed by atoms with van der Waals surface area (Å²) in [5, 5.41) is 5.24. The minimum Gasteiger partial charge on any atom is -0.350 e. The first-order valence-corrected chi connectivity index (χ1v) is 9.87. The van der Waals surface area contributed by atoms with Crippen LogP contribution in [0.3, 0.4) is 0 Å². The van der Waals surface area contributed by atoms with E-state index in [4.69, 9.17) is 0 Å². The molecule has 0 aromatic heterocycles. The number of amides is 2. The van der Waals surface area contributed by atoms with Crippen LogP contribution >= 0.6 is 0 Å². The number of hydrogen-bond donors (Lipinski definition) is 2. The van der Waals surface area contributed by atoms with Crippen LogP contribution in [-0.2, 0) is 26.2 Å². The largest absolute Gasteiger partial charge is 0.350 e. The number of benzene rings is 2. The average Bonchev–Trinajstić information content (AvgIpc) is 2.67. The van der Waals surface area contributed by atoms with Gasteiger partial charge in [0.1, 0.15) is 6.04 Å². The Balaban J connectivity index is 1.86. The van der Waals surface area contributed by atoms with E-state index in [2.05, 4.69) is 10.6 Å². The maximum absolute atomic E-state index is 12.4. The van der Waals surface area contributed by atoms with E-state index in [0.29, 0.717) is 6.54 Å². The highest BCUT2D eigenvalue weighted by atomic mass is 32.2. The van der Waals surface area contributed by atoms with Crippen molar-refractivity contribution >= 4 is 21.8 Å². The summed E-state index contributed by atoms with van der Waals surface area (Å²) in [5.41, 5.74) is 0.943. The summed E-state index contributed by atoms with van der Waals surface area (Å²) in [6, 6.07) is 16.5. The first kappa shape index (κ1) is 20.6. The van der Waals surface area contributed by atoms with Crippen LogP contribution in [0.5, 0.6) is 0 Å². The normalized spacial score (nSPS) is 12.4. The fourth-order valence-corrected chi connectivity index (χ4v) is 3.50. The highest BCUT2D eigenvalue weighted by molar-refractivity contribution is 7.89. The first-order valence-electron chi connectivity index (χ1n) is 8.43. The van der Waals surface area contributed by atoms with E-state index in [-0.39, 0.29) is 17.3 Å². The van der Waals surface area contributed by atoms with Crippen LogP contribution in [0.15, 0.2) is 65.6 Å². The van der Waals surface area contributed by atoms with Crippen LogP contribution in [0, 0.1) is 0 Å². The molecule has 0 saturated carbocycles. The predicted octanol–water partition coefficient (Wildman–Crippen LogP) is 1.13. The number of hydrogen-bond acceptors (Lipinski definition) is 4. The molecular formula is C19H23N3O4S. The first-order chi connectivity index (χ1) is 12.8. The van der Waals surface area contributed by atoms with Gasteiger partial charge in [0.2, 0.25) is 21.8 Å². The van der Waals surface area contributed by atoms with E-state index in [1.807, 2.05) is 30.3 Å². The lowest BCUT2D eigenvalue weighted by molar-refractivity contribution is -0.128. The number of carbonyl (C=O) groups is 2.